The highest BCUT2D eigenvalue weighted by Gasteiger charge is 2.41. The molecule has 0 spiro atoms. The number of anilines is 1. The third-order valence-corrected chi connectivity index (χ3v) is 11.5. The molecule has 0 aliphatic heterocycles. The van der Waals surface area contributed by atoms with Gasteiger partial charge >= 0.3 is 0 Å². The van der Waals surface area contributed by atoms with Crippen molar-refractivity contribution in [1.29, 1.82) is 0 Å². The first-order chi connectivity index (χ1) is 28.4. The molecule has 1 aliphatic carbocycles. The maximum absolute atomic E-state index is 4.70. The van der Waals surface area contributed by atoms with E-state index in [0.29, 0.717) is 6.54 Å². The number of benzene rings is 6. The smallest absolute Gasteiger partial charge is 0.0643 e. The van der Waals surface area contributed by atoms with Crippen LogP contribution in [0.1, 0.15) is 59.7 Å². The third kappa shape index (κ3) is 7.95. The molecule has 6 aromatic rings. The standard InChI is InChI=1S/C57H53N/c1-7-21-45-34-35-46(44(6)43(45)5)25-20-40-58(52-38-36-48(37-39-52)54-29-17-16-28-53(54)47-23-12-10-13-24-47)42(4)32-33-49-41-57(50(9-3)22-8-2,51-26-14-11-15-27-51)56-31-19-18-30-55(49)56/h7-39,41H,4,40H2,1-3,5-6H3/b21-7-,22-8-,25-20-,33-32-,50-9+. The first-order valence-corrected chi connectivity index (χ1v) is 20.4. The molecular formula is C57H53N. The van der Waals surface area contributed by atoms with Gasteiger partial charge in [0.05, 0.1) is 5.41 Å². The Bertz CT molecular complexity index is 2570. The summed E-state index contributed by atoms with van der Waals surface area (Å²) in [6.07, 6.45) is 22.3. The van der Waals surface area contributed by atoms with Crippen molar-refractivity contribution in [2.24, 2.45) is 0 Å². The average molecular weight is 752 g/mol. The van der Waals surface area contributed by atoms with Crippen molar-refractivity contribution in [2.45, 2.75) is 40.0 Å². The van der Waals surface area contributed by atoms with E-state index in [-0.39, 0.29) is 0 Å². The molecule has 1 unspecified atom stereocenters. The SMILES string of the molecule is C=C(/C=C\C1=CC(C(/C=C\C)=C/C)(c2ccccc2)c2ccccc21)N(C/C=C\c1ccc(/C=C\C)c(C)c1C)c1ccc(-c2ccccc2-c2ccccc2)cc1. The van der Waals surface area contributed by atoms with Crippen LogP contribution in [0, 0.1) is 13.8 Å². The van der Waals surface area contributed by atoms with Gasteiger partial charge in [0.25, 0.3) is 0 Å². The molecule has 0 radical (unpaired) electrons. The normalized spacial score (nSPS) is 15.5. The van der Waals surface area contributed by atoms with Gasteiger partial charge in [0, 0.05) is 17.9 Å². The summed E-state index contributed by atoms with van der Waals surface area (Å²) < 4.78 is 0. The van der Waals surface area contributed by atoms with E-state index in [0.717, 1.165) is 11.4 Å². The lowest BCUT2D eigenvalue weighted by molar-refractivity contribution is 0.790. The van der Waals surface area contributed by atoms with Gasteiger partial charge in [0.2, 0.25) is 0 Å². The van der Waals surface area contributed by atoms with Crippen molar-refractivity contribution in [3.8, 4) is 22.3 Å². The van der Waals surface area contributed by atoms with Crippen LogP contribution < -0.4 is 4.90 Å². The molecule has 1 heteroatoms. The summed E-state index contributed by atoms with van der Waals surface area (Å²) in [6, 6.07) is 52.4. The highest BCUT2D eigenvalue weighted by atomic mass is 15.1. The van der Waals surface area contributed by atoms with Crippen molar-refractivity contribution < 1.29 is 0 Å². The number of fused-ring (bicyclic) bond motifs is 1. The van der Waals surface area contributed by atoms with Gasteiger partial charge in [-0.2, -0.15) is 0 Å². The van der Waals surface area contributed by atoms with E-state index in [9.17, 15) is 0 Å². The molecular weight excluding hydrogens is 699 g/mol. The molecule has 7 rings (SSSR count). The van der Waals surface area contributed by atoms with Crippen molar-refractivity contribution in [3.63, 3.8) is 0 Å². The molecule has 0 aromatic heterocycles. The van der Waals surface area contributed by atoms with Crippen LogP contribution in [0.15, 0.2) is 212 Å². The Labute approximate surface area is 346 Å². The second-order valence-electron chi connectivity index (χ2n) is 14.9. The monoisotopic (exact) mass is 751 g/mol. The molecule has 0 bridgehead atoms. The summed E-state index contributed by atoms with van der Waals surface area (Å²) in [4.78, 5) is 2.30. The van der Waals surface area contributed by atoms with E-state index in [1.807, 2.05) is 0 Å². The Kier molecular flexibility index (Phi) is 12.3. The van der Waals surface area contributed by atoms with E-state index in [1.54, 1.807) is 0 Å². The molecule has 6 aromatic carbocycles. The van der Waals surface area contributed by atoms with Crippen molar-refractivity contribution in [1.82, 2.24) is 0 Å². The molecule has 0 N–H and O–H groups in total. The summed E-state index contributed by atoms with van der Waals surface area (Å²) in [7, 11) is 0. The minimum absolute atomic E-state index is 0.410. The Morgan fingerprint density at radius 3 is 1.76 bits per heavy atom. The zero-order chi connectivity index (χ0) is 40.5. The summed E-state index contributed by atoms with van der Waals surface area (Å²) in [5, 5.41) is 0. The summed E-state index contributed by atoms with van der Waals surface area (Å²) in [5.41, 5.74) is 17.7. The fourth-order valence-electron chi connectivity index (χ4n) is 8.36. The predicted molar refractivity (Wildman–Crippen MR) is 253 cm³/mol. The van der Waals surface area contributed by atoms with E-state index >= 15 is 0 Å². The van der Waals surface area contributed by atoms with Gasteiger partial charge in [0.1, 0.15) is 0 Å². The van der Waals surface area contributed by atoms with Gasteiger partial charge in [-0.15, -0.1) is 0 Å². The van der Waals surface area contributed by atoms with Crippen LogP contribution in [0.3, 0.4) is 0 Å². The molecule has 1 aliphatic rings. The van der Waals surface area contributed by atoms with Gasteiger partial charge < -0.3 is 4.90 Å². The first kappa shape index (κ1) is 39.5. The van der Waals surface area contributed by atoms with Crippen LogP contribution >= 0.6 is 0 Å². The quantitative estimate of drug-likeness (QED) is 0.106. The highest BCUT2D eigenvalue weighted by Crippen LogP contribution is 2.50. The lowest BCUT2D eigenvalue weighted by Crippen LogP contribution is -2.25. The van der Waals surface area contributed by atoms with Crippen LogP contribution in [0.25, 0.3) is 40.0 Å². The van der Waals surface area contributed by atoms with Crippen LogP contribution in [-0.2, 0) is 5.41 Å². The van der Waals surface area contributed by atoms with Crippen LogP contribution in [0.5, 0.6) is 0 Å². The number of hydrogen-bond acceptors (Lipinski definition) is 1. The third-order valence-electron chi connectivity index (χ3n) is 11.5. The summed E-state index contributed by atoms with van der Waals surface area (Å²) in [5.74, 6) is 0. The van der Waals surface area contributed by atoms with Crippen LogP contribution in [-0.4, -0.2) is 6.54 Å². The molecule has 1 nitrogen and oxygen atoms in total. The molecule has 0 saturated heterocycles. The van der Waals surface area contributed by atoms with Crippen molar-refractivity contribution in [2.75, 3.05) is 11.4 Å². The van der Waals surface area contributed by atoms with Crippen molar-refractivity contribution >= 4 is 23.4 Å². The predicted octanol–water partition coefficient (Wildman–Crippen LogP) is 15.2. The second-order valence-corrected chi connectivity index (χ2v) is 14.9. The van der Waals surface area contributed by atoms with E-state index < -0.39 is 5.41 Å². The molecule has 0 heterocycles. The molecule has 58 heavy (non-hydrogen) atoms. The number of nitrogens with zero attached hydrogens (tertiary/aromatic N) is 1. The van der Waals surface area contributed by atoms with E-state index in [4.69, 9.17) is 6.58 Å². The van der Waals surface area contributed by atoms with Crippen LogP contribution in [0.4, 0.5) is 5.69 Å². The Morgan fingerprint density at radius 1 is 0.569 bits per heavy atom. The minimum Gasteiger partial charge on any atom is -0.338 e. The van der Waals surface area contributed by atoms with Gasteiger partial charge in [-0.25, -0.2) is 0 Å². The Morgan fingerprint density at radius 2 is 1.14 bits per heavy atom. The number of hydrogen-bond donors (Lipinski definition) is 0. The summed E-state index contributed by atoms with van der Waals surface area (Å²) in [6.45, 7) is 16.1. The highest BCUT2D eigenvalue weighted by molar-refractivity contribution is 5.88. The lowest BCUT2D eigenvalue weighted by Gasteiger charge is -2.31. The van der Waals surface area contributed by atoms with Crippen molar-refractivity contribution in [3.05, 3.63) is 251 Å². The molecule has 0 saturated carbocycles. The average Bonchev–Trinajstić information content (AvgIpc) is 3.61. The second kappa shape index (κ2) is 18.0. The lowest BCUT2D eigenvalue weighted by atomic mass is 9.70. The van der Waals surface area contributed by atoms with E-state index in [2.05, 4.69) is 246 Å². The Balaban J connectivity index is 1.27. The molecule has 0 fully saturated rings. The fraction of sp³-hybridized carbons (Fsp3) is 0.123. The van der Waals surface area contributed by atoms with Gasteiger partial charge in [-0.1, -0.05) is 195 Å². The molecule has 1 atom stereocenters. The first-order valence-electron chi connectivity index (χ1n) is 20.4. The van der Waals surface area contributed by atoms with Gasteiger partial charge in [0.15, 0.2) is 0 Å². The zero-order valence-electron chi connectivity index (χ0n) is 34.5. The largest absolute Gasteiger partial charge is 0.338 e. The topological polar surface area (TPSA) is 3.24 Å². The molecule has 0 amide bonds. The van der Waals surface area contributed by atoms with Gasteiger partial charge in [-0.05, 0) is 125 Å². The van der Waals surface area contributed by atoms with Crippen LogP contribution in [0.2, 0.25) is 0 Å². The van der Waals surface area contributed by atoms with E-state index in [1.165, 1.54) is 72.3 Å². The maximum Gasteiger partial charge on any atom is 0.0643 e. The Hall–Kier alpha value is -6.70. The minimum atomic E-state index is -0.410. The zero-order valence-corrected chi connectivity index (χ0v) is 34.5. The number of rotatable bonds is 13. The number of allylic oxidation sites excluding steroid dienone is 9. The maximum atomic E-state index is 4.70. The molecule has 286 valence electrons. The van der Waals surface area contributed by atoms with Gasteiger partial charge in [-0.3, -0.25) is 0 Å². The summed E-state index contributed by atoms with van der Waals surface area (Å²) >= 11 is 0. The fourth-order valence-corrected chi connectivity index (χ4v) is 8.36.